The number of ketones is 1. The molecule has 100 valence electrons. The van der Waals surface area contributed by atoms with E-state index in [-0.39, 0.29) is 5.78 Å². The van der Waals surface area contributed by atoms with E-state index >= 15 is 0 Å². The smallest absolute Gasteiger partial charge is 0.411 e. The normalized spacial score (nSPS) is 11.4. The van der Waals surface area contributed by atoms with Crippen molar-refractivity contribution in [2.75, 3.05) is 13.4 Å². The van der Waals surface area contributed by atoms with Gasteiger partial charge in [-0.3, -0.25) is 4.79 Å². The maximum atomic E-state index is 11.8. The zero-order valence-corrected chi connectivity index (χ0v) is 10.0. The first kappa shape index (κ1) is 14.5. The van der Waals surface area contributed by atoms with Crippen molar-refractivity contribution in [2.45, 2.75) is 20.0 Å². The summed E-state index contributed by atoms with van der Waals surface area (Å²) in [5, 5.41) is 0. The summed E-state index contributed by atoms with van der Waals surface area (Å²) in [6.07, 6.45) is -4.36. The first-order chi connectivity index (χ1) is 8.29. The van der Waals surface area contributed by atoms with Gasteiger partial charge in [-0.1, -0.05) is 0 Å². The fraction of sp³-hybridized carbons (Fsp3) is 0.417. The number of Topliss-reactive ketones (excluding diaryl/α,β-unsaturated/α-hetero) is 1. The number of hydrogen-bond donors (Lipinski definition) is 0. The van der Waals surface area contributed by atoms with Crippen LogP contribution in [0.5, 0.6) is 5.75 Å². The van der Waals surface area contributed by atoms with E-state index in [1.807, 2.05) is 0 Å². The molecule has 0 heterocycles. The second-order valence-corrected chi connectivity index (χ2v) is 3.76. The minimum Gasteiger partial charge on any atom is -0.467 e. The third-order valence-corrected chi connectivity index (χ3v) is 2.14. The molecule has 0 fully saturated rings. The van der Waals surface area contributed by atoms with Crippen molar-refractivity contribution in [3.05, 3.63) is 29.3 Å². The highest BCUT2D eigenvalue weighted by molar-refractivity contribution is 5.94. The third-order valence-electron chi connectivity index (χ3n) is 2.14. The lowest BCUT2D eigenvalue weighted by atomic mass is 10.1. The molecule has 0 radical (unpaired) electrons. The topological polar surface area (TPSA) is 35.5 Å². The quantitative estimate of drug-likeness (QED) is 0.464. The van der Waals surface area contributed by atoms with E-state index in [0.29, 0.717) is 16.9 Å². The van der Waals surface area contributed by atoms with E-state index in [9.17, 15) is 18.0 Å². The number of carbonyl (C=O) groups excluding carboxylic acids is 1. The van der Waals surface area contributed by atoms with Gasteiger partial charge in [0.15, 0.2) is 12.6 Å². The summed E-state index contributed by atoms with van der Waals surface area (Å²) in [6, 6.07) is 4.69. The van der Waals surface area contributed by atoms with Gasteiger partial charge in [0.1, 0.15) is 12.4 Å². The van der Waals surface area contributed by atoms with Gasteiger partial charge >= 0.3 is 6.18 Å². The summed E-state index contributed by atoms with van der Waals surface area (Å²) in [4.78, 5) is 11.1. The summed E-state index contributed by atoms with van der Waals surface area (Å²) < 4.78 is 44.7. The molecule has 0 amide bonds. The van der Waals surface area contributed by atoms with Crippen molar-refractivity contribution in [2.24, 2.45) is 0 Å². The van der Waals surface area contributed by atoms with E-state index in [2.05, 4.69) is 4.74 Å². The number of hydrogen-bond acceptors (Lipinski definition) is 3. The Bertz CT molecular complexity index is 427. The van der Waals surface area contributed by atoms with Gasteiger partial charge in [0.25, 0.3) is 0 Å². The Hall–Kier alpha value is -1.56. The van der Waals surface area contributed by atoms with Crippen LogP contribution in [0.4, 0.5) is 13.2 Å². The SMILES string of the molecule is CC(=O)c1ccc(OCOCC(F)(F)F)c(C)c1. The van der Waals surface area contributed by atoms with Gasteiger partial charge in [-0.25, -0.2) is 0 Å². The van der Waals surface area contributed by atoms with Gasteiger partial charge in [-0.2, -0.15) is 13.2 Å². The molecule has 0 atom stereocenters. The third kappa shape index (κ3) is 4.75. The first-order valence-corrected chi connectivity index (χ1v) is 5.18. The highest BCUT2D eigenvalue weighted by atomic mass is 19.4. The van der Waals surface area contributed by atoms with E-state index in [0.717, 1.165) is 0 Å². The van der Waals surface area contributed by atoms with E-state index in [4.69, 9.17) is 4.74 Å². The van der Waals surface area contributed by atoms with Gasteiger partial charge in [-0.05, 0) is 37.6 Å². The van der Waals surface area contributed by atoms with Crippen molar-refractivity contribution in [1.82, 2.24) is 0 Å². The lowest BCUT2D eigenvalue weighted by Crippen LogP contribution is -2.19. The van der Waals surface area contributed by atoms with Crippen molar-refractivity contribution >= 4 is 5.78 Å². The molecule has 1 aromatic rings. The maximum Gasteiger partial charge on any atom is 0.411 e. The monoisotopic (exact) mass is 262 g/mol. The minimum atomic E-state index is -4.36. The van der Waals surface area contributed by atoms with E-state index in [1.165, 1.54) is 13.0 Å². The largest absolute Gasteiger partial charge is 0.467 e. The van der Waals surface area contributed by atoms with Gasteiger partial charge in [0, 0.05) is 5.56 Å². The van der Waals surface area contributed by atoms with Crippen molar-refractivity contribution in [1.29, 1.82) is 0 Å². The first-order valence-electron chi connectivity index (χ1n) is 5.18. The second-order valence-electron chi connectivity index (χ2n) is 3.76. The Morgan fingerprint density at radius 3 is 2.50 bits per heavy atom. The van der Waals surface area contributed by atoms with Crippen LogP contribution in [0.2, 0.25) is 0 Å². The van der Waals surface area contributed by atoms with Crippen LogP contribution in [0.1, 0.15) is 22.8 Å². The molecule has 1 aromatic carbocycles. The summed E-state index contributed by atoms with van der Waals surface area (Å²) >= 11 is 0. The predicted octanol–water partition coefficient (Wildman–Crippen LogP) is 3.11. The zero-order chi connectivity index (χ0) is 13.8. The number of carbonyl (C=O) groups is 1. The lowest BCUT2D eigenvalue weighted by molar-refractivity contribution is -0.186. The Morgan fingerprint density at radius 1 is 1.33 bits per heavy atom. The molecule has 0 saturated heterocycles. The van der Waals surface area contributed by atoms with Crippen molar-refractivity contribution < 1.29 is 27.4 Å². The molecule has 0 aromatic heterocycles. The average Bonchev–Trinajstić information content (AvgIpc) is 2.24. The molecule has 0 aliphatic rings. The molecule has 0 N–H and O–H groups in total. The summed E-state index contributed by atoms with van der Waals surface area (Å²) in [5.41, 5.74) is 1.19. The molecule has 3 nitrogen and oxygen atoms in total. The molecule has 0 spiro atoms. The Labute approximate surface area is 103 Å². The molecule has 6 heteroatoms. The number of alkyl halides is 3. The van der Waals surface area contributed by atoms with Crippen LogP contribution in [-0.2, 0) is 4.74 Å². The molecule has 1 rings (SSSR count). The van der Waals surface area contributed by atoms with Crippen LogP contribution in [0.25, 0.3) is 0 Å². The van der Waals surface area contributed by atoms with Crippen molar-refractivity contribution in [3.63, 3.8) is 0 Å². The van der Waals surface area contributed by atoms with Gasteiger partial charge < -0.3 is 9.47 Å². The van der Waals surface area contributed by atoms with E-state index < -0.39 is 19.6 Å². The van der Waals surface area contributed by atoms with Gasteiger partial charge in [0.2, 0.25) is 0 Å². The molecule has 0 aliphatic carbocycles. The summed E-state index contributed by atoms with van der Waals surface area (Å²) in [5.74, 6) is 0.306. The molecule has 18 heavy (non-hydrogen) atoms. The van der Waals surface area contributed by atoms with Crippen LogP contribution >= 0.6 is 0 Å². The number of ether oxygens (including phenoxy) is 2. The molecule has 0 aliphatic heterocycles. The number of halogens is 3. The fourth-order valence-electron chi connectivity index (χ4n) is 1.29. The number of rotatable bonds is 5. The molecule has 0 saturated carbocycles. The van der Waals surface area contributed by atoms with Crippen LogP contribution < -0.4 is 4.74 Å². The highest BCUT2D eigenvalue weighted by Crippen LogP contribution is 2.20. The number of benzene rings is 1. The second kappa shape index (κ2) is 5.86. The Kier molecular flexibility index (Phi) is 4.72. The summed E-state index contributed by atoms with van der Waals surface area (Å²) in [7, 11) is 0. The summed E-state index contributed by atoms with van der Waals surface area (Å²) in [6.45, 7) is 1.30. The molecule has 0 unspecified atom stereocenters. The highest BCUT2D eigenvalue weighted by Gasteiger charge is 2.27. The maximum absolute atomic E-state index is 11.8. The zero-order valence-electron chi connectivity index (χ0n) is 10.0. The Morgan fingerprint density at radius 2 is 2.00 bits per heavy atom. The van der Waals surface area contributed by atoms with Crippen molar-refractivity contribution in [3.8, 4) is 5.75 Å². The molecular weight excluding hydrogens is 249 g/mol. The predicted molar refractivity (Wildman–Crippen MR) is 58.7 cm³/mol. The van der Waals surface area contributed by atoms with Crippen LogP contribution in [0.15, 0.2) is 18.2 Å². The molecular formula is C12H13F3O3. The lowest BCUT2D eigenvalue weighted by Gasteiger charge is -2.11. The van der Waals surface area contributed by atoms with Crippen LogP contribution in [0.3, 0.4) is 0 Å². The van der Waals surface area contributed by atoms with Gasteiger partial charge in [-0.15, -0.1) is 0 Å². The average molecular weight is 262 g/mol. The molecule has 0 bridgehead atoms. The minimum absolute atomic E-state index is 0.0852. The fourth-order valence-corrected chi connectivity index (χ4v) is 1.29. The van der Waals surface area contributed by atoms with E-state index in [1.54, 1.807) is 19.1 Å². The standard InChI is InChI=1S/C12H13F3O3/c1-8-5-10(9(2)16)3-4-11(8)18-7-17-6-12(13,14)15/h3-5H,6-7H2,1-2H3. The van der Waals surface area contributed by atoms with Gasteiger partial charge in [0.05, 0.1) is 0 Å². The Balaban J connectivity index is 2.51. The van der Waals surface area contributed by atoms with Crippen LogP contribution in [-0.4, -0.2) is 25.4 Å². The number of aryl methyl sites for hydroxylation is 1. The van der Waals surface area contributed by atoms with Crippen LogP contribution in [0, 0.1) is 6.92 Å².